The summed E-state index contributed by atoms with van der Waals surface area (Å²) in [7, 11) is 0. The minimum absolute atomic E-state index is 0.284. The zero-order valence-corrected chi connectivity index (χ0v) is 12.1. The van der Waals surface area contributed by atoms with Gasteiger partial charge in [0.15, 0.2) is 5.65 Å². The van der Waals surface area contributed by atoms with Crippen LogP contribution >= 0.6 is 0 Å². The van der Waals surface area contributed by atoms with Crippen molar-refractivity contribution in [2.24, 2.45) is 5.73 Å². The summed E-state index contributed by atoms with van der Waals surface area (Å²) in [5, 5.41) is 7.51. The third kappa shape index (κ3) is 2.50. The molecule has 3 aromatic heterocycles. The third-order valence-corrected chi connectivity index (χ3v) is 3.98. The fourth-order valence-electron chi connectivity index (χ4n) is 2.86. The van der Waals surface area contributed by atoms with E-state index in [0.29, 0.717) is 12.0 Å². The molecule has 1 aliphatic carbocycles. The number of aromatic nitrogens is 5. The molecule has 1 saturated carbocycles. The Morgan fingerprint density at radius 3 is 2.86 bits per heavy atom. The van der Waals surface area contributed by atoms with E-state index in [4.69, 9.17) is 5.73 Å². The van der Waals surface area contributed by atoms with Crippen molar-refractivity contribution < 1.29 is 0 Å². The van der Waals surface area contributed by atoms with E-state index in [1.165, 1.54) is 0 Å². The van der Waals surface area contributed by atoms with Gasteiger partial charge in [0.05, 0.1) is 17.6 Å². The molecule has 2 atom stereocenters. The van der Waals surface area contributed by atoms with Gasteiger partial charge in [0.25, 0.3) is 0 Å². The van der Waals surface area contributed by atoms with Gasteiger partial charge in [0.2, 0.25) is 5.95 Å². The Labute approximate surface area is 127 Å². The van der Waals surface area contributed by atoms with Gasteiger partial charge in [-0.25, -0.2) is 19.5 Å². The summed E-state index contributed by atoms with van der Waals surface area (Å²) in [4.78, 5) is 13.4. The number of hydrogen-bond donors (Lipinski definition) is 2. The SMILES string of the molecule is N[C@H]1CC[C@H](Nc2nccc(-c3ccn4nccc4n3)n2)C1. The van der Waals surface area contributed by atoms with Crippen LogP contribution in [0.25, 0.3) is 17.0 Å². The predicted octanol–water partition coefficient (Wildman–Crippen LogP) is 1.48. The topological polar surface area (TPSA) is 94.0 Å². The number of nitrogens with one attached hydrogen (secondary N) is 1. The predicted molar refractivity (Wildman–Crippen MR) is 83.3 cm³/mol. The molecule has 3 aromatic rings. The Hall–Kier alpha value is -2.54. The Morgan fingerprint density at radius 1 is 1.09 bits per heavy atom. The summed E-state index contributed by atoms with van der Waals surface area (Å²) in [5.41, 5.74) is 8.34. The molecule has 3 heterocycles. The molecule has 3 N–H and O–H groups in total. The first kappa shape index (κ1) is 13.1. The monoisotopic (exact) mass is 295 g/mol. The molecule has 0 bridgehead atoms. The highest BCUT2D eigenvalue weighted by Crippen LogP contribution is 2.21. The van der Waals surface area contributed by atoms with Crippen LogP contribution in [0, 0.1) is 0 Å². The van der Waals surface area contributed by atoms with Crippen LogP contribution in [0.2, 0.25) is 0 Å². The van der Waals surface area contributed by atoms with Crippen LogP contribution in [0.3, 0.4) is 0 Å². The van der Waals surface area contributed by atoms with Gasteiger partial charge < -0.3 is 11.1 Å². The average molecular weight is 295 g/mol. The maximum atomic E-state index is 5.94. The van der Waals surface area contributed by atoms with E-state index in [0.717, 1.165) is 36.3 Å². The van der Waals surface area contributed by atoms with Gasteiger partial charge >= 0.3 is 0 Å². The fourth-order valence-corrected chi connectivity index (χ4v) is 2.86. The van der Waals surface area contributed by atoms with Crippen LogP contribution in [0.4, 0.5) is 5.95 Å². The molecule has 0 spiro atoms. The highest BCUT2D eigenvalue weighted by atomic mass is 15.2. The number of hydrogen-bond acceptors (Lipinski definition) is 6. The van der Waals surface area contributed by atoms with Gasteiger partial charge in [-0.05, 0) is 31.4 Å². The fraction of sp³-hybridized carbons (Fsp3) is 0.333. The summed E-state index contributed by atoms with van der Waals surface area (Å²) in [6.07, 6.45) is 8.44. The molecule has 0 unspecified atom stereocenters. The molecule has 0 aromatic carbocycles. The molecule has 7 nitrogen and oxygen atoms in total. The van der Waals surface area contributed by atoms with E-state index in [2.05, 4.69) is 25.4 Å². The second-order valence-corrected chi connectivity index (χ2v) is 5.63. The van der Waals surface area contributed by atoms with Crippen molar-refractivity contribution >= 4 is 11.6 Å². The van der Waals surface area contributed by atoms with Crippen molar-refractivity contribution in [2.45, 2.75) is 31.3 Å². The first-order valence-electron chi connectivity index (χ1n) is 7.44. The summed E-state index contributed by atoms with van der Waals surface area (Å²) in [5.74, 6) is 0.631. The molecule has 1 fully saturated rings. The minimum atomic E-state index is 0.284. The van der Waals surface area contributed by atoms with Crippen molar-refractivity contribution in [3.8, 4) is 11.4 Å². The van der Waals surface area contributed by atoms with Crippen molar-refractivity contribution in [3.63, 3.8) is 0 Å². The number of fused-ring (bicyclic) bond motifs is 1. The molecule has 0 saturated heterocycles. The summed E-state index contributed by atoms with van der Waals surface area (Å²) in [6, 6.07) is 6.27. The summed E-state index contributed by atoms with van der Waals surface area (Å²) < 4.78 is 1.73. The first-order valence-corrected chi connectivity index (χ1v) is 7.44. The van der Waals surface area contributed by atoms with Crippen LogP contribution in [0.15, 0.2) is 36.8 Å². The van der Waals surface area contributed by atoms with Crippen LogP contribution in [0.5, 0.6) is 0 Å². The molecule has 0 aliphatic heterocycles. The lowest BCUT2D eigenvalue weighted by Gasteiger charge is -2.12. The molecule has 112 valence electrons. The molecule has 1 aliphatic rings. The van der Waals surface area contributed by atoms with Crippen LogP contribution in [0.1, 0.15) is 19.3 Å². The van der Waals surface area contributed by atoms with Gasteiger partial charge in [-0.3, -0.25) is 0 Å². The molecular formula is C15H17N7. The number of rotatable bonds is 3. The maximum Gasteiger partial charge on any atom is 0.223 e. The van der Waals surface area contributed by atoms with Crippen molar-refractivity contribution in [3.05, 3.63) is 36.8 Å². The third-order valence-electron chi connectivity index (χ3n) is 3.98. The maximum absolute atomic E-state index is 5.94. The van der Waals surface area contributed by atoms with Gasteiger partial charge in [0, 0.05) is 30.5 Å². The zero-order valence-electron chi connectivity index (χ0n) is 12.1. The minimum Gasteiger partial charge on any atom is -0.351 e. The van der Waals surface area contributed by atoms with E-state index >= 15 is 0 Å². The van der Waals surface area contributed by atoms with Gasteiger partial charge in [-0.2, -0.15) is 5.10 Å². The van der Waals surface area contributed by atoms with Crippen molar-refractivity contribution in [1.82, 2.24) is 24.6 Å². The normalized spacial score (nSPS) is 21.3. The van der Waals surface area contributed by atoms with Crippen LogP contribution in [-0.4, -0.2) is 36.6 Å². The highest BCUT2D eigenvalue weighted by Gasteiger charge is 2.22. The van der Waals surface area contributed by atoms with Crippen molar-refractivity contribution in [1.29, 1.82) is 0 Å². The lowest BCUT2D eigenvalue weighted by Crippen LogP contribution is -2.21. The lowest BCUT2D eigenvalue weighted by molar-refractivity contribution is 0.685. The number of anilines is 1. The van der Waals surface area contributed by atoms with E-state index < -0.39 is 0 Å². The quantitative estimate of drug-likeness (QED) is 0.760. The van der Waals surface area contributed by atoms with E-state index in [-0.39, 0.29) is 6.04 Å². The zero-order chi connectivity index (χ0) is 14.9. The van der Waals surface area contributed by atoms with E-state index in [1.807, 2.05) is 24.4 Å². The highest BCUT2D eigenvalue weighted by molar-refractivity contribution is 5.58. The molecule has 0 radical (unpaired) electrons. The summed E-state index contributed by atoms with van der Waals surface area (Å²) in [6.45, 7) is 0. The van der Waals surface area contributed by atoms with Gasteiger partial charge in [-0.1, -0.05) is 0 Å². The number of nitrogens with zero attached hydrogens (tertiary/aromatic N) is 5. The first-order chi connectivity index (χ1) is 10.8. The van der Waals surface area contributed by atoms with Gasteiger partial charge in [0.1, 0.15) is 0 Å². The molecule has 22 heavy (non-hydrogen) atoms. The van der Waals surface area contributed by atoms with Crippen LogP contribution < -0.4 is 11.1 Å². The van der Waals surface area contributed by atoms with E-state index in [1.54, 1.807) is 16.9 Å². The van der Waals surface area contributed by atoms with Crippen molar-refractivity contribution in [2.75, 3.05) is 5.32 Å². The number of nitrogens with two attached hydrogens (primary N) is 1. The second kappa shape index (κ2) is 5.34. The Bertz CT molecular complexity index is 797. The Balaban J connectivity index is 1.60. The summed E-state index contributed by atoms with van der Waals surface area (Å²) >= 11 is 0. The standard InChI is InChI=1S/C15H17N7/c16-10-1-2-11(9-10)19-15-17-6-3-12(21-15)13-5-8-22-14(20-13)4-7-18-22/h3-8,10-11H,1-2,9,16H2,(H,17,19,21)/t10-,11-/m0/s1. The molecule has 4 rings (SSSR count). The van der Waals surface area contributed by atoms with E-state index in [9.17, 15) is 0 Å². The average Bonchev–Trinajstić information content (AvgIpc) is 3.15. The molecular weight excluding hydrogens is 278 g/mol. The van der Waals surface area contributed by atoms with Gasteiger partial charge in [-0.15, -0.1) is 0 Å². The largest absolute Gasteiger partial charge is 0.351 e. The van der Waals surface area contributed by atoms with Crippen LogP contribution in [-0.2, 0) is 0 Å². The lowest BCUT2D eigenvalue weighted by atomic mass is 10.2. The molecule has 0 amide bonds. The second-order valence-electron chi connectivity index (χ2n) is 5.63. The Kier molecular flexibility index (Phi) is 3.19. The smallest absolute Gasteiger partial charge is 0.223 e. The molecule has 7 heteroatoms. The Morgan fingerprint density at radius 2 is 2.00 bits per heavy atom.